The van der Waals surface area contributed by atoms with E-state index in [1.54, 1.807) is 0 Å². The van der Waals surface area contributed by atoms with Crippen molar-refractivity contribution in [1.29, 1.82) is 0 Å². The third-order valence-electron chi connectivity index (χ3n) is 2.60. The number of hydrogen-bond acceptors (Lipinski definition) is 1. The Bertz CT molecular complexity index is 279. The predicted octanol–water partition coefficient (Wildman–Crippen LogP) is 4.31. The fraction of sp³-hybridized carbons (Fsp3) is 0.643. The van der Waals surface area contributed by atoms with Crippen molar-refractivity contribution in [3.05, 3.63) is 29.1 Å². The maximum Gasteiger partial charge on any atom is 0.0407 e. The molecular formula is C14H25N. The number of nitrogens with zero attached hydrogens (tertiary/aromatic N) is 1. The molecule has 1 atom stereocenters. The summed E-state index contributed by atoms with van der Waals surface area (Å²) in [4.78, 5) is 4.46. The molecule has 0 spiro atoms. The average Bonchev–Trinajstić information content (AvgIpc) is 2.25. The van der Waals surface area contributed by atoms with Gasteiger partial charge in [0.25, 0.3) is 0 Å². The van der Waals surface area contributed by atoms with E-state index >= 15 is 0 Å². The van der Waals surface area contributed by atoms with E-state index in [9.17, 15) is 0 Å². The van der Waals surface area contributed by atoms with Crippen LogP contribution < -0.4 is 0 Å². The predicted molar refractivity (Wildman–Crippen MR) is 68.2 cm³/mol. The Morgan fingerprint density at radius 2 is 1.80 bits per heavy atom. The molecule has 0 aliphatic carbocycles. The van der Waals surface area contributed by atoms with Gasteiger partial charge in [-0.25, -0.2) is 0 Å². The van der Waals surface area contributed by atoms with Crippen LogP contribution >= 0.6 is 0 Å². The van der Waals surface area contributed by atoms with E-state index in [2.05, 4.69) is 37.9 Å². The zero-order chi connectivity index (χ0) is 11.8. The number of pyridine rings is 1. The summed E-state index contributed by atoms with van der Waals surface area (Å²) >= 11 is 0. The maximum atomic E-state index is 4.46. The second-order valence-corrected chi connectivity index (χ2v) is 3.91. The zero-order valence-electron chi connectivity index (χ0n) is 11.1. The smallest absolute Gasteiger partial charge is 0.0407 e. The van der Waals surface area contributed by atoms with Crippen LogP contribution in [0.4, 0.5) is 0 Å². The topological polar surface area (TPSA) is 12.9 Å². The Kier molecular flexibility index (Phi) is 7.02. The molecule has 1 nitrogen and oxygen atoms in total. The summed E-state index contributed by atoms with van der Waals surface area (Å²) in [5.74, 6) is 0.767. The van der Waals surface area contributed by atoms with Crippen LogP contribution in [-0.2, 0) is 6.42 Å². The SMILES string of the molecule is CC.CCC(C)Cc1ccc(C)nc1C. The molecule has 0 aliphatic heterocycles. The Morgan fingerprint density at radius 1 is 1.20 bits per heavy atom. The summed E-state index contributed by atoms with van der Waals surface area (Å²) in [5, 5.41) is 0. The van der Waals surface area contributed by atoms with Gasteiger partial charge in [-0.05, 0) is 37.8 Å². The normalized spacial score (nSPS) is 11.6. The van der Waals surface area contributed by atoms with E-state index in [4.69, 9.17) is 0 Å². The summed E-state index contributed by atoms with van der Waals surface area (Å²) in [5.41, 5.74) is 3.71. The van der Waals surface area contributed by atoms with Gasteiger partial charge in [0.15, 0.2) is 0 Å². The van der Waals surface area contributed by atoms with Crippen LogP contribution in [0.15, 0.2) is 12.1 Å². The van der Waals surface area contributed by atoms with Crippen molar-refractivity contribution < 1.29 is 0 Å². The molecule has 1 rings (SSSR count). The lowest BCUT2D eigenvalue weighted by Crippen LogP contribution is -2.01. The molecule has 1 unspecified atom stereocenters. The average molecular weight is 207 g/mol. The van der Waals surface area contributed by atoms with E-state index in [0.29, 0.717) is 0 Å². The Labute approximate surface area is 94.9 Å². The van der Waals surface area contributed by atoms with Crippen LogP contribution in [0.3, 0.4) is 0 Å². The molecule has 1 aromatic heterocycles. The standard InChI is InChI=1S/C12H19N.C2H6/c1-5-9(2)8-12-7-6-10(3)13-11(12)4;1-2/h6-7,9H,5,8H2,1-4H3;1-2H3. The fourth-order valence-electron chi connectivity index (χ4n) is 1.45. The highest BCUT2D eigenvalue weighted by Gasteiger charge is 2.04. The minimum Gasteiger partial charge on any atom is -0.258 e. The van der Waals surface area contributed by atoms with Crippen molar-refractivity contribution in [1.82, 2.24) is 4.98 Å². The zero-order valence-corrected chi connectivity index (χ0v) is 11.1. The van der Waals surface area contributed by atoms with Crippen molar-refractivity contribution in [2.24, 2.45) is 5.92 Å². The molecule has 0 saturated carbocycles. The Balaban J connectivity index is 0.000000921. The molecular weight excluding hydrogens is 182 g/mol. The molecule has 15 heavy (non-hydrogen) atoms. The molecule has 0 saturated heterocycles. The summed E-state index contributed by atoms with van der Waals surface area (Å²) in [7, 11) is 0. The van der Waals surface area contributed by atoms with Gasteiger partial charge in [-0.2, -0.15) is 0 Å². The van der Waals surface area contributed by atoms with Crippen LogP contribution in [0.1, 0.15) is 51.1 Å². The number of aromatic nitrogens is 1. The molecule has 86 valence electrons. The van der Waals surface area contributed by atoms with Gasteiger partial charge in [-0.3, -0.25) is 4.98 Å². The second kappa shape index (κ2) is 7.44. The van der Waals surface area contributed by atoms with Gasteiger partial charge in [0.1, 0.15) is 0 Å². The molecule has 0 radical (unpaired) electrons. The van der Waals surface area contributed by atoms with Crippen molar-refractivity contribution >= 4 is 0 Å². The van der Waals surface area contributed by atoms with Crippen LogP contribution in [0.2, 0.25) is 0 Å². The van der Waals surface area contributed by atoms with E-state index in [1.165, 1.54) is 17.7 Å². The van der Waals surface area contributed by atoms with Gasteiger partial charge < -0.3 is 0 Å². The molecule has 0 fully saturated rings. The largest absolute Gasteiger partial charge is 0.258 e. The fourth-order valence-corrected chi connectivity index (χ4v) is 1.45. The molecule has 1 heteroatoms. The van der Waals surface area contributed by atoms with Gasteiger partial charge in [-0.1, -0.05) is 40.2 Å². The number of aryl methyl sites for hydroxylation is 2. The Morgan fingerprint density at radius 3 is 2.27 bits per heavy atom. The van der Waals surface area contributed by atoms with Crippen molar-refractivity contribution in [2.75, 3.05) is 0 Å². The lowest BCUT2D eigenvalue weighted by Gasteiger charge is -2.10. The quantitative estimate of drug-likeness (QED) is 0.719. The summed E-state index contributed by atoms with van der Waals surface area (Å²) in [6, 6.07) is 4.31. The molecule has 0 aliphatic rings. The molecule has 1 aromatic rings. The van der Waals surface area contributed by atoms with E-state index < -0.39 is 0 Å². The molecule has 0 aromatic carbocycles. The maximum absolute atomic E-state index is 4.46. The van der Waals surface area contributed by atoms with Gasteiger partial charge in [0.2, 0.25) is 0 Å². The first kappa shape index (κ1) is 14.2. The van der Waals surface area contributed by atoms with Crippen LogP contribution in [-0.4, -0.2) is 4.98 Å². The molecule has 0 N–H and O–H groups in total. The first-order valence-corrected chi connectivity index (χ1v) is 6.06. The van der Waals surface area contributed by atoms with Crippen molar-refractivity contribution in [3.63, 3.8) is 0 Å². The molecule has 0 bridgehead atoms. The molecule has 0 amide bonds. The first-order chi connectivity index (χ1) is 7.13. The first-order valence-electron chi connectivity index (χ1n) is 6.06. The van der Waals surface area contributed by atoms with E-state index in [-0.39, 0.29) is 0 Å². The summed E-state index contributed by atoms with van der Waals surface area (Å²) in [6.07, 6.45) is 2.41. The van der Waals surface area contributed by atoms with E-state index in [0.717, 1.165) is 18.0 Å². The van der Waals surface area contributed by atoms with Gasteiger partial charge >= 0.3 is 0 Å². The van der Waals surface area contributed by atoms with Crippen LogP contribution in [0, 0.1) is 19.8 Å². The van der Waals surface area contributed by atoms with Crippen molar-refractivity contribution in [3.8, 4) is 0 Å². The van der Waals surface area contributed by atoms with Crippen LogP contribution in [0.25, 0.3) is 0 Å². The second-order valence-electron chi connectivity index (χ2n) is 3.91. The third-order valence-corrected chi connectivity index (χ3v) is 2.60. The van der Waals surface area contributed by atoms with Crippen molar-refractivity contribution in [2.45, 2.75) is 54.4 Å². The summed E-state index contributed by atoms with van der Waals surface area (Å²) in [6.45, 7) is 12.7. The minimum atomic E-state index is 0.767. The number of hydrogen-bond donors (Lipinski definition) is 0. The van der Waals surface area contributed by atoms with E-state index in [1.807, 2.05) is 20.8 Å². The van der Waals surface area contributed by atoms with Crippen LogP contribution in [0.5, 0.6) is 0 Å². The lowest BCUT2D eigenvalue weighted by atomic mass is 9.98. The number of rotatable bonds is 3. The van der Waals surface area contributed by atoms with Gasteiger partial charge in [-0.15, -0.1) is 0 Å². The third kappa shape index (κ3) is 4.96. The lowest BCUT2D eigenvalue weighted by molar-refractivity contribution is 0.557. The monoisotopic (exact) mass is 207 g/mol. The highest BCUT2D eigenvalue weighted by atomic mass is 14.7. The highest BCUT2D eigenvalue weighted by Crippen LogP contribution is 2.14. The van der Waals surface area contributed by atoms with Gasteiger partial charge in [0, 0.05) is 11.4 Å². The highest BCUT2D eigenvalue weighted by molar-refractivity contribution is 5.21. The minimum absolute atomic E-state index is 0.767. The Hall–Kier alpha value is -0.850. The molecule has 1 heterocycles. The summed E-state index contributed by atoms with van der Waals surface area (Å²) < 4.78 is 0. The van der Waals surface area contributed by atoms with Gasteiger partial charge in [0.05, 0.1) is 0 Å².